The smallest absolute Gasteiger partial charge is 0.229 e. The van der Waals surface area contributed by atoms with Crippen molar-refractivity contribution >= 4 is 23.2 Å². The van der Waals surface area contributed by atoms with Gasteiger partial charge >= 0.3 is 0 Å². The number of carbonyl (C=O) groups is 2. The number of rotatable bonds is 3. The van der Waals surface area contributed by atoms with E-state index in [-0.39, 0.29) is 24.2 Å². The van der Waals surface area contributed by atoms with Crippen LogP contribution in [0.4, 0.5) is 11.4 Å². The summed E-state index contributed by atoms with van der Waals surface area (Å²) in [7, 11) is 0. The van der Waals surface area contributed by atoms with E-state index in [0.717, 1.165) is 22.5 Å². The summed E-state index contributed by atoms with van der Waals surface area (Å²) < 4.78 is 0. The molecule has 1 heterocycles. The van der Waals surface area contributed by atoms with Crippen molar-refractivity contribution in [3.05, 3.63) is 59.7 Å². The third-order valence-corrected chi connectivity index (χ3v) is 4.09. The van der Waals surface area contributed by atoms with Gasteiger partial charge in [-0.1, -0.05) is 24.3 Å². The normalized spacial score (nSPS) is 17.4. The number of hydrogen-bond donors (Lipinski definition) is 1. The lowest BCUT2D eigenvalue weighted by Crippen LogP contribution is -2.28. The molecule has 1 saturated heterocycles. The standard InChI is InChI=1S/C19H20N2O2/c1-13-5-3-7-16(9-13)20-19(23)15-11-18(22)21(12-15)17-8-4-6-14(2)10-17/h3-10,15H,11-12H2,1-2H3,(H,20,23)/t15-/m0/s1. The Balaban J connectivity index is 1.70. The lowest BCUT2D eigenvalue weighted by Gasteiger charge is -2.17. The zero-order valence-electron chi connectivity index (χ0n) is 13.4. The SMILES string of the molecule is Cc1cccc(NC(=O)[C@H]2CC(=O)N(c3cccc(C)c3)C2)c1. The fourth-order valence-corrected chi connectivity index (χ4v) is 2.90. The van der Waals surface area contributed by atoms with Crippen molar-refractivity contribution in [2.45, 2.75) is 20.3 Å². The van der Waals surface area contributed by atoms with Crippen molar-refractivity contribution in [1.82, 2.24) is 0 Å². The lowest BCUT2D eigenvalue weighted by molar-refractivity contribution is -0.122. The second kappa shape index (κ2) is 6.24. The quantitative estimate of drug-likeness (QED) is 0.946. The van der Waals surface area contributed by atoms with Gasteiger partial charge in [-0.05, 0) is 49.2 Å². The summed E-state index contributed by atoms with van der Waals surface area (Å²) in [6.07, 6.45) is 0.256. The Labute approximate surface area is 136 Å². The fraction of sp³-hybridized carbons (Fsp3) is 0.263. The van der Waals surface area contributed by atoms with Gasteiger partial charge in [-0.25, -0.2) is 0 Å². The second-order valence-corrected chi connectivity index (χ2v) is 6.10. The van der Waals surface area contributed by atoms with Gasteiger partial charge in [0.1, 0.15) is 0 Å². The van der Waals surface area contributed by atoms with E-state index in [1.54, 1.807) is 4.90 Å². The van der Waals surface area contributed by atoms with E-state index >= 15 is 0 Å². The number of nitrogens with zero attached hydrogens (tertiary/aromatic N) is 1. The van der Waals surface area contributed by atoms with Crippen LogP contribution in [0.3, 0.4) is 0 Å². The van der Waals surface area contributed by atoms with Crippen LogP contribution in [0, 0.1) is 19.8 Å². The first-order valence-electron chi connectivity index (χ1n) is 7.77. The highest BCUT2D eigenvalue weighted by molar-refractivity contribution is 6.03. The Bertz CT molecular complexity index is 755. The van der Waals surface area contributed by atoms with Crippen LogP contribution in [0.5, 0.6) is 0 Å². The number of benzene rings is 2. The molecule has 2 aromatic rings. The van der Waals surface area contributed by atoms with Gasteiger partial charge < -0.3 is 10.2 Å². The summed E-state index contributed by atoms with van der Waals surface area (Å²) in [5.74, 6) is -0.414. The van der Waals surface area contributed by atoms with E-state index in [9.17, 15) is 9.59 Å². The third kappa shape index (κ3) is 3.42. The van der Waals surface area contributed by atoms with Crippen LogP contribution in [0.15, 0.2) is 48.5 Å². The van der Waals surface area contributed by atoms with Gasteiger partial charge in [0.2, 0.25) is 11.8 Å². The molecule has 0 aliphatic carbocycles. The topological polar surface area (TPSA) is 49.4 Å². The fourth-order valence-electron chi connectivity index (χ4n) is 2.90. The minimum absolute atomic E-state index is 0.00000719. The summed E-state index contributed by atoms with van der Waals surface area (Å²) in [5, 5.41) is 2.91. The summed E-state index contributed by atoms with van der Waals surface area (Å²) in [6.45, 7) is 4.40. The number of nitrogens with one attached hydrogen (secondary N) is 1. The van der Waals surface area contributed by atoms with Crippen LogP contribution >= 0.6 is 0 Å². The molecule has 0 radical (unpaired) electrons. The van der Waals surface area contributed by atoms with E-state index in [2.05, 4.69) is 5.32 Å². The average Bonchev–Trinajstić information content (AvgIpc) is 2.89. The van der Waals surface area contributed by atoms with Gasteiger partial charge in [0.25, 0.3) is 0 Å². The van der Waals surface area contributed by atoms with Crippen LogP contribution in [0.1, 0.15) is 17.5 Å². The summed E-state index contributed by atoms with van der Waals surface area (Å²) in [6, 6.07) is 15.5. The minimum Gasteiger partial charge on any atom is -0.326 e. The average molecular weight is 308 g/mol. The Morgan fingerprint density at radius 3 is 2.48 bits per heavy atom. The molecule has 0 saturated carbocycles. The third-order valence-electron chi connectivity index (χ3n) is 4.09. The van der Waals surface area contributed by atoms with E-state index in [1.165, 1.54) is 0 Å². The predicted molar refractivity (Wildman–Crippen MR) is 91.4 cm³/mol. The maximum absolute atomic E-state index is 12.4. The molecule has 1 fully saturated rings. The van der Waals surface area contributed by atoms with Gasteiger partial charge in [0.05, 0.1) is 5.92 Å². The van der Waals surface area contributed by atoms with Gasteiger partial charge in [0, 0.05) is 24.3 Å². The number of aryl methyl sites for hydroxylation is 2. The number of anilines is 2. The molecule has 1 aliphatic heterocycles. The first-order chi connectivity index (χ1) is 11.0. The van der Waals surface area contributed by atoms with Crippen LogP contribution in [0.2, 0.25) is 0 Å². The molecule has 0 bridgehead atoms. The van der Waals surface area contributed by atoms with Crippen molar-refractivity contribution in [3.63, 3.8) is 0 Å². The molecule has 4 nitrogen and oxygen atoms in total. The number of amides is 2. The van der Waals surface area contributed by atoms with Crippen LogP contribution in [-0.4, -0.2) is 18.4 Å². The minimum atomic E-state index is -0.316. The van der Waals surface area contributed by atoms with Crippen LogP contribution in [0.25, 0.3) is 0 Å². The van der Waals surface area contributed by atoms with Crippen molar-refractivity contribution in [2.24, 2.45) is 5.92 Å². The zero-order valence-corrected chi connectivity index (χ0v) is 13.4. The maximum Gasteiger partial charge on any atom is 0.229 e. The molecule has 118 valence electrons. The van der Waals surface area contributed by atoms with Crippen LogP contribution < -0.4 is 10.2 Å². The van der Waals surface area contributed by atoms with E-state index < -0.39 is 0 Å². The maximum atomic E-state index is 12.4. The molecule has 0 spiro atoms. The number of hydrogen-bond acceptors (Lipinski definition) is 2. The van der Waals surface area contributed by atoms with E-state index in [4.69, 9.17) is 0 Å². The Kier molecular flexibility index (Phi) is 4.15. The van der Waals surface area contributed by atoms with Gasteiger partial charge in [-0.15, -0.1) is 0 Å². The first kappa shape index (κ1) is 15.3. The highest BCUT2D eigenvalue weighted by atomic mass is 16.2. The Morgan fingerprint density at radius 2 is 1.78 bits per heavy atom. The first-order valence-corrected chi connectivity index (χ1v) is 7.77. The van der Waals surface area contributed by atoms with Crippen molar-refractivity contribution in [1.29, 1.82) is 0 Å². The molecule has 0 unspecified atom stereocenters. The molecule has 1 N–H and O–H groups in total. The van der Waals surface area contributed by atoms with E-state index in [0.29, 0.717) is 6.54 Å². The monoisotopic (exact) mass is 308 g/mol. The van der Waals surface area contributed by atoms with Crippen LogP contribution in [-0.2, 0) is 9.59 Å². The molecule has 3 rings (SSSR count). The van der Waals surface area contributed by atoms with Crippen molar-refractivity contribution in [3.8, 4) is 0 Å². The molecule has 1 aliphatic rings. The molecule has 0 aromatic heterocycles. The van der Waals surface area contributed by atoms with Gasteiger partial charge in [0.15, 0.2) is 0 Å². The molecular weight excluding hydrogens is 288 g/mol. The largest absolute Gasteiger partial charge is 0.326 e. The zero-order chi connectivity index (χ0) is 16.4. The second-order valence-electron chi connectivity index (χ2n) is 6.10. The molecule has 2 amide bonds. The molecule has 4 heteroatoms. The van der Waals surface area contributed by atoms with Gasteiger partial charge in [-0.2, -0.15) is 0 Å². The summed E-state index contributed by atoms with van der Waals surface area (Å²) in [4.78, 5) is 26.4. The highest BCUT2D eigenvalue weighted by Gasteiger charge is 2.35. The highest BCUT2D eigenvalue weighted by Crippen LogP contribution is 2.26. The summed E-state index contributed by atoms with van der Waals surface area (Å²) in [5.41, 5.74) is 3.83. The van der Waals surface area contributed by atoms with Crippen molar-refractivity contribution in [2.75, 3.05) is 16.8 Å². The Hall–Kier alpha value is -2.62. The molecule has 2 aromatic carbocycles. The lowest BCUT2D eigenvalue weighted by atomic mass is 10.1. The number of carbonyl (C=O) groups excluding carboxylic acids is 2. The Morgan fingerprint density at radius 1 is 1.09 bits per heavy atom. The predicted octanol–water partition coefficient (Wildman–Crippen LogP) is 3.30. The van der Waals surface area contributed by atoms with Crippen molar-refractivity contribution < 1.29 is 9.59 Å². The van der Waals surface area contributed by atoms with Gasteiger partial charge in [-0.3, -0.25) is 9.59 Å². The molecular formula is C19H20N2O2. The molecule has 23 heavy (non-hydrogen) atoms. The molecule has 1 atom stereocenters. The van der Waals surface area contributed by atoms with E-state index in [1.807, 2.05) is 62.4 Å². The summed E-state index contributed by atoms with van der Waals surface area (Å²) >= 11 is 0.